The lowest BCUT2D eigenvalue weighted by Gasteiger charge is -2.27. The second-order valence-electron chi connectivity index (χ2n) is 7.87. The normalized spacial score (nSPS) is 16.5. The Bertz CT molecular complexity index is 953. The van der Waals surface area contributed by atoms with E-state index in [2.05, 4.69) is 44.8 Å². The maximum Gasteiger partial charge on any atom is 0.129 e. The minimum Gasteiger partial charge on any atom is -0.347 e. The summed E-state index contributed by atoms with van der Waals surface area (Å²) in [7, 11) is 0. The topological polar surface area (TPSA) is 90.1 Å². The van der Waals surface area contributed by atoms with Gasteiger partial charge in [0.1, 0.15) is 5.82 Å². The van der Waals surface area contributed by atoms with Crippen molar-refractivity contribution in [2.45, 2.75) is 25.9 Å². The first-order chi connectivity index (χ1) is 15.7. The smallest absolute Gasteiger partial charge is 0.129 e. The molecule has 1 aromatic heterocycles. The summed E-state index contributed by atoms with van der Waals surface area (Å²) in [5.41, 5.74) is 10.0. The number of benzene rings is 1. The van der Waals surface area contributed by atoms with Crippen LogP contribution in [0.25, 0.3) is 6.08 Å². The third kappa shape index (κ3) is 7.57. The molecule has 0 amide bonds. The second kappa shape index (κ2) is 12.7. The zero-order valence-electron chi connectivity index (χ0n) is 18.8. The van der Waals surface area contributed by atoms with Gasteiger partial charge in [-0.3, -0.25) is 4.90 Å². The fourth-order valence-electron chi connectivity index (χ4n) is 3.70. The molecule has 6 heteroatoms. The molecule has 1 aromatic carbocycles. The fourth-order valence-corrected chi connectivity index (χ4v) is 3.70. The van der Waals surface area contributed by atoms with Gasteiger partial charge < -0.3 is 21.8 Å². The number of hydrogen-bond donors (Lipinski definition) is 4. The summed E-state index contributed by atoms with van der Waals surface area (Å²) < 4.78 is 0. The molecule has 1 aliphatic rings. The zero-order chi connectivity index (χ0) is 22.6. The molecule has 1 atom stereocenters. The Hall–Kier alpha value is -3.06. The van der Waals surface area contributed by atoms with Crippen molar-refractivity contribution in [1.82, 2.24) is 15.2 Å². The molecule has 6 nitrogen and oxygen atoms in total. The molecule has 1 unspecified atom stereocenters. The Morgan fingerprint density at radius 2 is 2.12 bits per heavy atom. The molecule has 2 heterocycles. The van der Waals surface area contributed by atoms with Crippen molar-refractivity contribution in [3.05, 3.63) is 89.8 Å². The van der Waals surface area contributed by atoms with Crippen molar-refractivity contribution in [1.29, 1.82) is 5.41 Å². The summed E-state index contributed by atoms with van der Waals surface area (Å²) in [6.45, 7) is 7.17. The van der Waals surface area contributed by atoms with Crippen molar-refractivity contribution in [3.8, 4) is 0 Å². The van der Waals surface area contributed by atoms with Crippen LogP contribution >= 0.6 is 0 Å². The first-order valence-electron chi connectivity index (χ1n) is 11.2. The zero-order valence-corrected chi connectivity index (χ0v) is 18.8. The minimum atomic E-state index is -0.238. The van der Waals surface area contributed by atoms with Gasteiger partial charge in [0.15, 0.2) is 0 Å². The average Bonchev–Trinajstić information content (AvgIpc) is 2.82. The molecular formula is C26H38N6. The Morgan fingerprint density at radius 3 is 2.88 bits per heavy atom. The van der Waals surface area contributed by atoms with Crippen molar-refractivity contribution in [2.75, 3.05) is 31.5 Å². The van der Waals surface area contributed by atoms with E-state index in [-0.39, 0.29) is 8.90 Å². The van der Waals surface area contributed by atoms with E-state index in [1.54, 1.807) is 6.20 Å². The highest BCUT2D eigenvalue weighted by Gasteiger charge is 2.11. The number of allylic oxidation sites excluding steroid dienone is 2. The number of piperazine rings is 1. The summed E-state index contributed by atoms with van der Waals surface area (Å²) >= 11 is 0. The minimum absolute atomic E-state index is 0. The molecule has 0 radical (unpaired) electrons. The lowest BCUT2D eigenvalue weighted by atomic mass is 9.98. The van der Waals surface area contributed by atoms with Gasteiger partial charge in [-0.15, -0.1) is 0 Å². The number of pyridine rings is 1. The van der Waals surface area contributed by atoms with E-state index >= 15 is 0 Å². The summed E-state index contributed by atoms with van der Waals surface area (Å²) in [4.78, 5) is 6.68. The lowest BCUT2D eigenvalue weighted by Crippen LogP contribution is -2.42. The molecule has 32 heavy (non-hydrogen) atoms. The van der Waals surface area contributed by atoms with Crippen LogP contribution in [0.5, 0.6) is 0 Å². The van der Waals surface area contributed by atoms with Crippen molar-refractivity contribution >= 4 is 17.6 Å². The first kappa shape index (κ1) is 23.6. The lowest BCUT2D eigenvalue weighted by molar-refractivity contribution is 0.233. The molecule has 3 rings (SSSR count). The highest BCUT2D eigenvalue weighted by molar-refractivity contribution is 6.09. The number of nitrogens with two attached hydrogens (primary N) is 1. The van der Waals surface area contributed by atoms with Gasteiger partial charge in [0, 0.05) is 47.8 Å². The van der Waals surface area contributed by atoms with Gasteiger partial charge in [0.2, 0.25) is 0 Å². The number of nitrogens with zero attached hydrogens (tertiary/aromatic N) is 2. The van der Waals surface area contributed by atoms with Gasteiger partial charge in [0.05, 0.1) is 5.71 Å². The summed E-state index contributed by atoms with van der Waals surface area (Å²) in [6.07, 6.45) is 12.0. The van der Waals surface area contributed by atoms with Gasteiger partial charge in [-0.05, 0) is 54.5 Å². The number of nitrogens with one attached hydrogen (secondary N) is 3. The Kier molecular flexibility index (Phi) is 9.37. The average molecular weight is 435 g/mol. The Morgan fingerprint density at radius 1 is 1.28 bits per heavy atom. The number of anilines is 1. The summed E-state index contributed by atoms with van der Waals surface area (Å²) in [6, 6.07) is 14.0. The van der Waals surface area contributed by atoms with Gasteiger partial charge in [-0.25, -0.2) is 4.98 Å². The maximum atomic E-state index is 8.50. The number of hydrogen-bond acceptors (Lipinski definition) is 6. The summed E-state index contributed by atoms with van der Waals surface area (Å²) in [5.74, 6) is 0.790. The molecule has 0 saturated carbocycles. The quantitative estimate of drug-likeness (QED) is 0.419. The van der Waals surface area contributed by atoms with Gasteiger partial charge in [-0.1, -0.05) is 48.6 Å². The van der Waals surface area contributed by atoms with Gasteiger partial charge in [-0.2, -0.15) is 0 Å². The molecule has 1 fully saturated rings. The maximum absolute atomic E-state index is 8.50. The van der Waals surface area contributed by atoms with E-state index in [0.29, 0.717) is 12.1 Å². The van der Waals surface area contributed by atoms with Crippen LogP contribution in [-0.2, 0) is 6.54 Å². The summed E-state index contributed by atoms with van der Waals surface area (Å²) in [5, 5.41) is 15.0. The molecule has 0 aliphatic carbocycles. The van der Waals surface area contributed by atoms with Crippen LogP contribution in [0.4, 0.5) is 5.82 Å². The predicted molar refractivity (Wildman–Crippen MR) is 139 cm³/mol. The SMILES string of the molecule is C/C=C(\C(=N)/C=C/c1cccc(CN2CCNCC2)c1)C(N)C/C=C/Nc1ccccn1.[HH].[HH]. The molecule has 2 aromatic rings. The fraction of sp³-hybridized carbons (Fsp3) is 0.308. The van der Waals surface area contributed by atoms with Crippen LogP contribution in [-0.4, -0.2) is 47.8 Å². The largest absolute Gasteiger partial charge is 0.347 e. The monoisotopic (exact) mass is 434 g/mol. The van der Waals surface area contributed by atoms with E-state index in [9.17, 15) is 0 Å². The molecule has 1 saturated heterocycles. The molecule has 0 bridgehead atoms. The van der Waals surface area contributed by atoms with E-state index in [1.807, 2.05) is 55.6 Å². The van der Waals surface area contributed by atoms with Crippen LogP contribution in [0.2, 0.25) is 0 Å². The Labute approximate surface area is 194 Å². The van der Waals surface area contributed by atoms with E-state index in [1.165, 1.54) is 5.56 Å². The Balaban J connectivity index is 0.00000289. The van der Waals surface area contributed by atoms with Crippen molar-refractivity contribution < 1.29 is 2.85 Å². The standard InChI is InChI=1S/C26H34N6.2H2/c1-2-23(24(27)9-6-14-31-26-10-3-4-13-30-26)25(28)12-11-21-7-5-8-22(19-21)20-32-17-15-29-16-18-32;;/h2-8,10-14,19,24,28-29H,9,15-18,20,27H2,1H3,(H,30,31);2*1H/b12-11+,14-6+,23-2-,28-25?;;. The van der Waals surface area contributed by atoms with Crippen molar-refractivity contribution in [2.24, 2.45) is 5.73 Å². The first-order valence-corrected chi connectivity index (χ1v) is 11.2. The van der Waals surface area contributed by atoms with E-state index in [0.717, 1.165) is 49.7 Å². The van der Waals surface area contributed by atoms with Gasteiger partial charge in [0.25, 0.3) is 0 Å². The van der Waals surface area contributed by atoms with Crippen LogP contribution in [0, 0.1) is 5.41 Å². The number of rotatable bonds is 10. The van der Waals surface area contributed by atoms with Crippen LogP contribution in [0.15, 0.2) is 78.7 Å². The number of aromatic nitrogens is 1. The van der Waals surface area contributed by atoms with Crippen molar-refractivity contribution in [3.63, 3.8) is 0 Å². The van der Waals surface area contributed by atoms with E-state index in [4.69, 9.17) is 11.1 Å². The third-order valence-electron chi connectivity index (χ3n) is 5.43. The molecule has 172 valence electrons. The highest BCUT2D eigenvalue weighted by Crippen LogP contribution is 2.13. The third-order valence-corrected chi connectivity index (χ3v) is 5.43. The van der Waals surface area contributed by atoms with Gasteiger partial charge >= 0.3 is 0 Å². The molecule has 0 spiro atoms. The van der Waals surface area contributed by atoms with Crippen LogP contribution < -0.4 is 16.4 Å². The van der Waals surface area contributed by atoms with Crippen LogP contribution in [0.3, 0.4) is 0 Å². The van der Waals surface area contributed by atoms with E-state index < -0.39 is 0 Å². The predicted octanol–water partition coefficient (Wildman–Crippen LogP) is 4.30. The molecule has 1 aliphatic heterocycles. The molecule has 5 N–H and O–H groups in total. The second-order valence-corrected chi connectivity index (χ2v) is 7.87. The molecular weight excluding hydrogens is 396 g/mol. The highest BCUT2D eigenvalue weighted by atomic mass is 15.2. The van der Waals surface area contributed by atoms with Crippen LogP contribution in [0.1, 0.15) is 27.3 Å².